The summed E-state index contributed by atoms with van der Waals surface area (Å²) >= 11 is 0. The molecular weight excluding hydrogens is 387 g/mol. The average Bonchev–Trinajstić information content (AvgIpc) is 3.37. The first-order valence-electron chi connectivity index (χ1n) is 8.86. The second-order valence-electron chi connectivity index (χ2n) is 6.88. The Morgan fingerprint density at radius 3 is 2.24 bits per heavy atom. The first-order chi connectivity index (χ1) is 13.6. The molecule has 1 fully saturated rings. The van der Waals surface area contributed by atoms with Crippen LogP contribution in [0.5, 0.6) is 0 Å². The van der Waals surface area contributed by atoms with Gasteiger partial charge < -0.3 is 10.8 Å². The van der Waals surface area contributed by atoms with Gasteiger partial charge in [0.25, 0.3) is 0 Å². The van der Waals surface area contributed by atoms with Gasteiger partial charge in [0.1, 0.15) is 29.2 Å². The maximum Gasteiger partial charge on any atom is 0.339 e. The highest BCUT2D eigenvalue weighted by Crippen LogP contribution is 2.32. The lowest BCUT2D eigenvalue weighted by atomic mass is 9.90. The highest BCUT2D eigenvalue weighted by Gasteiger charge is 2.30. The van der Waals surface area contributed by atoms with E-state index in [0.717, 1.165) is 24.8 Å². The Bertz CT molecular complexity index is 928. The summed E-state index contributed by atoms with van der Waals surface area (Å²) in [7, 11) is 0. The second-order valence-corrected chi connectivity index (χ2v) is 6.88. The minimum Gasteiger partial charge on any atom is -0.478 e. The molecule has 3 N–H and O–H groups in total. The Kier molecular flexibility index (Phi) is 7.14. The number of Topliss-reactive ketones (excluding diaryl/α,β-unsaturated/α-hetero) is 1. The number of primary amides is 1. The monoisotopic (exact) mass is 407 g/mol. The molecule has 1 aliphatic carbocycles. The number of ketones is 1. The fraction of sp³-hybridized carbons (Fsp3) is 0.286. The molecular formula is C21H20F3NO4. The Hall–Kier alpha value is -3.16. The fourth-order valence-corrected chi connectivity index (χ4v) is 2.94. The van der Waals surface area contributed by atoms with Crippen molar-refractivity contribution in [2.24, 2.45) is 11.7 Å². The van der Waals surface area contributed by atoms with Crippen LogP contribution in [0.1, 0.15) is 47.2 Å². The molecule has 0 saturated heterocycles. The summed E-state index contributed by atoms with van der Waals surface area (Å²) in [4.78, 5) is 33.2. The number of nitrogens with two attached hydrogens (primary N) is 1. The van der Waals surface area contributed by atoms with Crippen molar-refractivity contribution in [2.45, 2.75) is 32.1 Å². The molecule has 1 amide bonds. The van der Waals surface area contributed by atoms with Crippen molar-refractivity contribution in [1.29, 1.82) is 0 Å². The Morgan fingerprint density at radius 1 is 1.10 bits per heavy atom. The molecule has 5 nitrogen and oxygen atoms in total. The van der Waals surface area contributed by atoms with Crippen LogP contribution in [0.3, 0.4) is 0 Å². The van der Waals surface area contributed by atoms with Gasteiger partial charge in [-0.15, -0.1) is 0 Å². The highest BCUT2D eigenvalue weighted by molar-refractivity contribution is 6.07. The van der Waals surface area contributed by atoms with Crippen molar-refractivity contribution in [1.82, 2.24) is 0 Å². The SMILES string of the molecule is CC(=O)C(C(N)=O)c1cc(F)cc(F)c1C(=O)O.Fc1cccc(CC2CC2)c1. The van der Waals surface area contributed by atoms with Gasteiger partial charge in [-0.1, -0.05) is 12.1 Å². The van der Waals surface area contributed by atoms with Gasteiger partial charge in [-0.05, 0) is 61.4 Å². The standard InChI is InChI=1S/C11H9F2NO4.C10H11F/c1-4(15)8(10(14)16)6-2-5(12)3-7(13)9(6)11(17)18;11-10-3-1-2-9(7-10)6-8-4-5-8/h2-3,8H,1H3,(H2,14,16)(H,17,18);1-3,7-8H,4-6H2. The van der Waals surface area contributed by atoms with E-state index in [0.29, 0.717) is 12.1 Å². The van der Waals surface area contributed by atoms with Crippen LogP contribution < -0.4 is 5.73 Å². The minimum absolute atomic E-state index is 0.108. The van der Waals surface area contributed by atoms with Crippen LogP contribution >= 0.6 is 0 Å². The summed E-state index contributed by atoms with van der Waals surface area (Å²) in [6.45, 7) is 0.976. The molecule has 0 heterocycles. The molecule has 0 radical (unpaired) electrons. The molecule has 2 aromatic rings. The molecule has 29 heavy (non-hydrogen) atoms. The Balaban J connectivity index is 0.000000230. The van der Waals surface area contributed by atoms with E-state index < -0.39 is 46.3 Å². The zero-order valence-electron chi connectivity index (χ0n) is 15.6. The summed E-state index contributed by atoms with van der Waals surface area (Å²) in [5, 5.41) is 8.82. The van der Waals surface area contributed by atoms with E-state index in [1.807, 2.05) is 6.07 Å². The van der Waals surface area contributed by atoms with Gasteiger partial charge in [-0.25, -0.2) is 18.0 Å². The van der Waals surface area contributed by atoms with Crippen molar-refractivity contribution in [3.05, 3.63) is 70.5 Å². The maximum absolute atomic E-state index is 13.4. The molecule has 8 heteroatoms. The van der Waals surface area contributed by atoms with E-state index in [1.54, 1.807) is 12.1 Å². The quantitative estimate of drug-likeness (QED) is 0.715. The third-order valence-electron chi connectivity index (χ3n) is 4.41. The second kappa shape index (κ2) is 9.36. The molecule has 1 unspecified atom stereocenters. The summed E-state index contributed by atoms with van der Waals surface area (Å²) in [5.41, 5.74) is 4.57. The third kappa shape index (κ3) is 6.17. The van der Waals surface area contributed by atoms with Crippen LogP contribution in [0.4, 0.5) is 13.2 Å². The minimum atomic E-state index is -1.71. The summed E-state index contributed by atoms with van der Waals surface area (Å²) in [6.07, 6.45) is 3.73. The van der Waals surface area contributed by atoms with Crippen molar-refractivity contribution >= 4 is 17.7 Å². The molecule has 1 aliphatic rings. The number of carboxylic acids is 1. The van der Waals surface area contributed by atoms with E-state index >= 15 is 0 Å². The van der Waals surface area contributed by atoms with E-state index in [2.05, 4.69) is 0 Å². The Morgan fingerprint density at radius 2 is 1.76 bits per heavy atom. The molecule has 154 valence electrons. The third-order valence-corrected chi connectivity index (χ3v) is 4.41. The predicted octanol–water partition coefficient (Wildman–Crippen LogP) is 3.60. The molecule has 3 rings (SSSR count). The number of carboxylic acid groups (broad SMARTS) is 1. The van der Waals surface area contributed by atoms with E-state index in [4.69, 9.17) is 10.8 Å². The van der Waals surface area contributed by atoms with Crippen LogP contribution in [-0.2, 0) is 16.0 Å². The van der Waals surface area contributed by atoms with Gasteiger partial charge in [0, 0.05) is 6.07 Å². The van der Waals surface area contributed by atoms with E-state index in [9.17, 15) is 27.6 Å². The van der Waals surface area contributed by atoms with Gasteiger partial charge in [0.15, 0.2) is 0 Å². The summed E-state index contributed by atoms with van der Waals surface area (Å²) < 4.78 is 39.1. The number of halogens is 3. The molecule has 0 bridgehead atoms. The van der Waals surface area contributed by atoms with Crippen LogP contribution in [0.15, 0.2) is 36.4 Å². The first kappa shape index (κ1) is 22.1. The molecule has 1 saturated carbocycles. The summed E-state index contributed by atoms with van der Waals surface area (Å²) in [5.74, 6) is -7.11. The highest BCUT2D eigenvalue weighted by atomic mass is 19.1. The van der Waals surface area contributed by atoms with Crippen molar-refractivity contribution in [3.63, 3.8) is 0 Å². The topological polar surface area (TPSA) is 97.5 Å². The van der Waals surface area contributed by atoms with Crippen molar-refractivity contribution < 1.29 is 32.7 Å². The van der Waals surface area contributed by atoms with Crippen LogP contribution in [0.25, 0.3) is 0 Å². The Labute approximate surface area is 165 Å². The molecule has 2 aromatic carbocycles. The number of carbonyl (C=O) groups is 3. The number of hydrogen-bond donors (Lipinski definition) is 2. The van der Waals surface area contributed by atoms with Crippen LogP contribution in [0.2, 0.25) is 0 Å². The normalized spacial score (nSPS) is 13.8. The largest absolute Gasteiger partial charge is 0.478 e. The lowest BCUT2D eigenvalue weighted by Gasteiger charge is -2.13. The smallest absolute Gasteiger partial charge is 0.339 e. The van der Waals surface area contributed by atoms with Crippen molar-refractivity contribution in [2.75, 3.05) is 0 Å². The van der Waals surface area contributed by atoms with Gasteiger partial charge in [0.2, 0.25) is 5.91 Å². The number of hydrogen-bond acceptors (Lipinski definition) is 3. The number of benzene rings is 2. The van der Waals surface area contributed by atoms with Gasteiger partial charge in [-0.3, -0.25) is 9.59 Å². The molecule has 0 aromatic heterocycles. The van der Waals surface area contributed by atoms with E-state index in [-0.39, 0.29) is 5.82 Å². The maximum atomic E-state index is 13.4. The zero-order valence-corrected chi connectivity index (χ0v) is 15.6. The fourth-order valence-electron chi connectivity index (χ4n) is 2.94. The van der Waals surface area contributed by atoms with Gasteiger partial charge in [-0.2, -0.15) is 0 Å². The summed E-state index contributed by atoms with van der Waals surface area (Å²) in [6, 6.07) is 7.89. The van der Waals surface area contributed by atoms with Gasteiger partial charge in [0.05, 0.1) is 5.56 Å². The zero-order chi connectivity index (χ0) is 21.7. The lowest BCUT2D eigenvalue weighted by Crippen LogP contribution is -2.29. The number of rotatable bonds is 6. The van der Waals surface area contributed by atoms with Crippen LogP contribution in [-0.4, -0.2) is 22.8 Å². The molecule has 0 spiro atoms. The lowest BCUT2D eigenvalue weighted by molar-refractivity contribution is -0.127. The number of carbonyl (C=O) groups excluding carboxylic acids is 2. The van der Waals surface area contributed by atoms with Gasteiger partial charge >= 0.3 is 5.97 Å². The van der Waals surface area contributed by atoms with Crippen molar-refractivity contribution in [3.8, 4) is 0 Å². The number of amides is 1. The molecule has 0 aliphatic heterocycles. The number of aromatic carboxylic acids is 1. The predicted molar refractivity (Wildman–Crippen MR) is 98.8 cm³/mol. The molecule has 1 atom stereocenters. The van der Waals surface area contributed by atoms with E-state index in [1.165, 1.54) is 18.9 Å². The van der Waals surface area contributed by atoms with Crippen LogP contribution in [0, 0.1) is 23.4 Å². The average molecular weight is 407 g/mol. The first-order valence-corrected chi connectivity index (χ1v) is 8.86.